The van der Waals surface area contributed by atoms with E-state index in [0.29, 0.717) is 12.1 Å². The summed E-state index contributed by atoms with van der Waals surface area (Å²) in [7, 11) is 0. The SMILES string of the molecule is CC(C)Oc1cc2c(c(C(=O)N[C@H](C)c3ccccc3)c1)[C@@H]1C[C@@H]3NCCC[C@@H]3C(=O)N1CC2. The van der Waals surface area contributed by atoms with Gasteiger partial charge in [0.1, 0.15) is 5.75 Å². The number of benzene rings is 2. The van der Waals surface area contributed by atoms with Crippen molar-refractivity contribution in [2.24, 2.45) is 5.92 Å². The van der Waals surface area contributed by atoms with Gasteiger partial charge in [-0.25, -0.2) is 0 Å². The van der Waals surface area contributed by atoms with Gasteiger partial charge in [-0.05, 0) is 81.8 Å². The van der Waals surface area contributed by atoms with E-state index in [9.17, 15) is 9.59 Å². The maximum Gasteiger partial charge on any atom is 0.252 e. The molecule has 0 bridgehead atoms. The molecular weight excluding hydrogens is 426 g/mol. The normalized spacial score (nSPS) is 24.6. The third-order valence-corrected chi connectivity index (χ3v) is 7.50. The molecule has 2 N–H and O–H groups in total. The summed E-state index contributed by atoms with van der Waals surface area (Å²) in [6, 6.07) is 13.9. The molecule has 0 unspecified atom stereocenters. The number of fused-ring (bicyclic) bond motifs is 4. The number of hydrogen-bond donors (Lipinski definition) is 2. The number of hydrogen-bond acceptors (Lipinski definition) is 4. The fourth-order valence-corrected chi connectivity index (χ4v) is 5.92. The first-order valence-corrected chi connectivity index (χ1v) is 12.7. The number of rotatable bonds is 5. The van der Waals surface area contributed by atoms with Crippen molar-refractivity contribution in [3.8, 4) is 5.75 Å². The minimum atomic E-state index is -0.129. The highest BCUT2D eigenvalue weighted by Gasteiger charge is 2.46. The molecule has 6 heteroatoms. The van der Waals surface area contributed by atoms with E-state index < -0.39 is 0 Å². The molecule has 180 valence electrons. The van der Waals surface area contributed by atoms with Crippen LogP contribution in [0.25, 0.3) is 0 Å². The van der Waals surface area contributed by atoms with E-state index in [0.717, 1.165) is 54.7 Å². The Balaban J connectivity index is 1.52. The average Bonchev–Trinajstić information content (AvgIpc) is 2.83. The van der Waals surface area contributed by atoms with E-state index in [4.69, 9.17) is 4.74 Å². The summed E-state index contributed by atoms with van der Waals surface area (Å²) in [5, 5.41) is 6.78. The lowest BCUT2D eigenvalue weighted by atomic mass is 9.75. The predicted molar refractivity (Wildman–Crippen MR) is 132 cm³/mol. The number of piperidine rings is 2. The smallest absolute Gasteiger partial charge is 0.252 e. The molecule has 3 aliphatic rings. The second kappa shape index (κ2) is 9.41. The molecule has 5 rings (SSSR count). The Morgan fingerprint density at radius 1 is 1.18 bits per heavy atom. The summed E-state index contributed by atoms with van der Waals surface area (Å²) in [5.74, 6) is 0.904. The average molecular weight is 462 g/mol. The second-order valence-electron chi connectivity index (χ2n) is 10.2. The van der Waals surface area contributed by atoms with Crippen molar-refractivity contribution in [1.29, 1.82) is 0 Å². The van der Waals surface area contributed by atoms with Gasteiger partial charge in [-0.15, -0.1) is 0 Å². The van der Waals surface area contributed by atoms with E-state index >= 15 is 0 Å². The van der Waals surface area contributed by atoms with Crippen LogP contribution in [0.1, 0.15) is 79.2 Å². The highest BCUT2D eigenvalue weighted by molar-refractivity contribution is 5.97. The fraction of sp³-hybridized carbons (Fsp3) is 0.500. The minimum absolute atomic E-state index is 0.0146. The van der Waals surface area contributed by atoms with Crippen molar-refractivity contribution in [3.63, 3.8) is 0 Å². The van der Waals surface area contributed by atoms with Gasteiger partial charge >= 0.3 is 0 Å². The molecule has 0 radical (unpaired) electrons. The maximum atomic E-state index is 13.7. The number of ether oxygens (including phenoxy) is 1. The van der Waals surface area contributed by atoms with Crippen molar-refractivity contribution in [2.75, 3.05) is 13.1 Å². The number of amides is 2. The number of carbonyl (C=O) groups is 2. The Morgan fingerprint density at radius 3 is 2.74 bits per heavy atom. The zero-order chi connectivity index (χ0) is 23.8. The van der Waals surface area contributed by atoms with Crippen LogP contribution in [0, 0.1) is 5.92 Å². The molecule has 0 aliphatic carbocycles. The van der Waals surface area contributed by atoms with Crippen molar-refractivity contribution >= 4 is 11.8 Å². The Bertz CT molecular complexity index is 1070. The minimum Gasteiger partial charge on any atom is -0.491 e. The van der Waals surface area contributed by atoms with E-state index in [1.165, 1.54) is 0 Å². The lowest BCUT2D eigenvalue weighted by Gasteiger charge is -2.49. The van der Waals surface area contributed by atoms with Crippen molar-refractivity contribution in [2.45, 2.75) is 70.7 Å². The molecule has 0 aromatic heterocycles. The highest BCUT2D eigenvalue weighted by atomic mass is 16.5. The fourth-order valence-electron chi connectivity index (χ4n) is 5.92. The highest BCUT2D eigenvalue weighted by Crippen LogP contribution is 2.44. The largest absolute Gasteiger partial charge is 0.491 e. The molecule has 3 heterocycles. The summed E-state index contributed by atoms with van der Waals surface area (Å²) >= 11 is 0. The molecule has 3 aliphatic heterocycles. The summed E-state index contributed by atoms with van der Waals surface area (Å²) in [6.45, 7) is 7.64. The van der Waals surface area contributed by atoms with Crippen LogP contribution in [-0.4, -0.2) is 41.9 Å². The van der Waals surface area contributed by atoms with Crippen LogP contribution >= 0.6 is 0 Å². The van der Waals surface area contributed by atoms with Crippen LogP contribution in [0.4, 0.5) is 0 Å². The molecule has 2 saturated heterocycles. The third-order valence-electron chi connectivity index (χ3n) is 7.50. The van der Waals surface area contributed by atoms with Gasteiger partial charge in [-0.1, -0.05) is 30.3 Å². The topological polar surface area (TPSA) is 70.7 Å². The Kier molecular flexibility index (Phi) is 6.34. The second-order valence-corrected chi connectivity index (χ2v) is 10.2. The van der Waals surface area contributed by atoms with Crippen LogP contribution < -0.4 is 15.4 Å². The zero-order valence-electron chi connectivity index (χ0n) is 20.3. The first kappa shape index (κ1) is 22.9. The van der Waals surface area contributed by atoms with Gasteiger partial charge in [0.05, 0.1) is 24.1 Å². The molecule has 2 amide bonds. The standard InChI is InChI=1S/C28H35N3O3/c1-17(2)34-21-14-20-11-13-31-25(16-24-22(28(31)33)10-7-12-29-24)26(20)23(15-21)27(32)30-18(3)19-8-5-4-6-9-19/h4-6,8-9,14-15,17-18,22,24-25,29H,7,10-13,16H2,1-3H3,(H,30,32)/t18-,22+,24+,25+/m1/s1. The molecular formula is C28H35N3O3. The molecule has 0 spiro atoms. The van der Waals surface area contributed by atoms with Gasteiger partial charge in [0.25, 0.3) is 5.91 Å². The van der Waals surface area contributed by atoms with Crippen LogP contribution in [0.5, 0.6) is 5.75 Å². The van der Waals surface area contributed by atoms with Crippen molar-refractivity contribution < 1.29 is 14.3 Å². The lowest BCUT2D eigenvalue weighted by molar-refractivity contribution is -0.145. The monoisotopic (exact) mass is 461 g/mol. The Hall–Kier alpha value is -2.86. The van der Waals surface area contributed by atoms with Crippen LogP contribution in [0.15, 0.2) is 42.5 Å². The summed E-state index contributed by atoms with van der Waals surface area (Å²) < 4.78 is 6.03. The van der Waals surface area contributed by atoms with E-state index in [2.05, 4.69) is 16.7 Å². The maximum absolute atomic E-state index is 13.7. The Labute approximate surface area is 202 Å². The van der Waals surface area contributed by atoms with Crippen LogP contribution in [0.3, 0.4) is 0 Å². The molecule has 6 nitrogen and oxygen atoms in total. The molecule has 2 aromatic rings. The van der Waals surface area contributed by atoms with Gasteiger partial charge in [0, 0.05) is 18.2 Å². The zero-order valence-corrected chi connectivity index (χ0v) is 20.3. The summed E-state index contributed by atoms with van der Waals surface area (Å²) in [6.07, 6.45) is 3.60. The summed E-state index contributed by atoms with van der Waals surface area (Å²) in [5.41, 5.74) is 3.81. The van der Waals surface area contributed by atoms with Crippen LogP contribution in [0.2, 0.25) is 0 Å². The van der Waals surface area contributed by atoms with Gasteiger partial charge in [0.15, 0.2) is 0 Å². The number of nitrogens with one attached hydrogen (secondary N) is 2. The van der Waals surface area contributed by atoms with E-state index in [-0.39, 0.29) is 42.0 Å². The van der Waals surface area contributed by atoms with Gasteiger partial charge < -0.3 is 20.3 Å². The molecule has 34 heavy (non-hydrogen) atoms. The van der Waals surface area contributed by atoms with Gasteiger partial charge in [0.2, 0.25) is 5.91 Å². The first-order chi connectivity index (χ1) is 16.4. The van der Waals surface area contributed by atoms with Crippen molar-refractivity contribution in [1.82, 2.24) is 15.5 Å². The van der Waals surface area contributed by atoms with Gasteiger partial charge in [-0.3, -0.25) is 9.59 Å². The molecule has 4 atom stereocenters. The van der Waals surface area contributed by atoms with E-state index in [1.807, 2.05) is 62.1 Å². The number of carbonyl (C=O) groups excluding carboxylic acids is 2. The summed E-state index contributed by atoms with van der Waals surface area (Å²) in [4.78, 5) is 29.2. The predicted octanol–water partition coefficient (Wildman–Crippen LogP) is 4.16. The first-order valence-electron chi connectivity index (χ1n) is 12.7. The molecule has 2 fully saturated rings. The molecule has 0 saturated carbocycles. The third kappa shape index (κ3) is 4.31. The van der Waals surface area contributed by atoms with E-state index in [1.54, 1.807) is 0 Å². The lowest BCUT2D eigenvalue weighted by Crippen LogP contribution is -2.58. The van der Waals surface area contributed by atoms with Crippen molar-refractivity contribution in [3.05, 3.63) is 64.7 Å². The van der Waals surface area contributed by atoms with Gasteiger partial charge in [-0.2, -0.15) is 0 Å². The number of nitrogens with zero attached hydrogens (tertiary/aromatic N) is 1. The van der Waals surface area contributed by atoms with Crippen LogP contribution in [-0.2, 0) is 11.2 Å². The molecule has 2 aromatic carbocycles. The quantitative estimate of drug-likeness (QED) is 0.701. The Morgan fingerprint density at radius 2 is 1.97 bits per heavy atom.